The minimum absolute atomic E-state index is 0.688. The molecule has 0 aromatic carbocycles. The maximum absolute atomic E-state index is 4.42. The molecule has 3 aromatic heterocycles. The molecular formula is C13H14N6. The summed E-state index contributed by atoms with van der Waals surface area (Å²) in [6, 6.07) is 3.98. The predicted octanol–water partition coefficient (Wildman–Crippen LogP) is 2.36. The summed E-state index contributed by atoms with van der Waals surface area (Å²) in [4.78, 5) is 13.1. The molecule has 0 fully saturated rings. The van der Waals surface area contributed by atoms with E-state index in [4.69, 9.17) is 0 Å². The number of hydrogen-bond acceptors (Lipinski definition) is 5. The van der Waals surface area contributed by atoms with Crippen molar-refractivity contribution >= 4 is 22.7 Å². The molecule has 0 amide bonds. The number of fused-ring (bicyclic) bond motifs is 1. The van der Waals surface area contributed by atoms with Crippen molar-refractivity contribution in [3.05, 3.63) is 35.9 Å². The van der Waals surface area contributed by atoms with Crippen LogP contribution in [-0.4, -0.2) is 25.1 Å². The number of H-pyrrole nitrogens is 1. The third kappa shape index (κ3) is 2.12. The van der Waals surface area contributed by atoms with E-state index in [1.165, 1.54) is 0 Å². The van der Waals surface area contributed by atoms with Crippen molar-refractivity contribution in [2.24, 2.45) is 0 Å². The van der Waals surface area contributed by atoms with Gasteiger partial charge in [-0.2, -0.15) is 5.10 Å². The fraction of sp³-hybridized carbons (Fsp3) is 0.231. The molecule has 96 valence electrons. The molecule has 0 aliphatic rings. The van der Waals surface area contributed by atoms with Gasteiger partial charge in [-0.15, -0.1) is 0 Å². The second-order valence-corrected chi connectivity index (χ2v) is 4.24. The summed E-state index contributed by atoms with van der Waals surface area (Å²) in [5.74, 6) is 2.24. The third-order valence-corrected chi connectivity index (χ3v) is 2.93. The van der Waals surface area contributed by atoms with Crippen molar-refractivity contribution in [3.8, 4) is 0 Å². The molecule has 19 heavy (non-hydrogen) atoms. The first kappa shape index (κ1) is 11.6. The van der Waals surface area contributed by atoms with Gasteiger partial charge in [-0.25, -0.2) is 15.0 Å². The Bertz CT molecular complexity index is 718. The van der Waals surface area contributed by atoms with Gasteiger partial charge in [0.2, 0.25) is 0 Å². The maximum Gasteiger partial charge on any atom is 0.161 e. The molecule has 0 aliphatic carbocycles. The van der Waals surface area contributed by atoms with Gasteiger partial charge in [0, 0.05) is 6.20 Å². The lowest BCUT2D eigenvalue weighted by molar-refractivity contribution is 1.04. The Hall–Kier alpha value is -2.50. The van der Waals surface area contributed by atoms with Gasteiger partial charge < -0.3 is 5.32 Å². The Balaban J connectivity index is 2.07. The van der Waals surface area contributed by atoms with Crippen molar-refractivity contribution in [1.29, 1.82) is 0 Å². The molecule has 0 spiro atoms. The number of nitrogens with one attached hydrogen (secondary N) is 2. The van der Waals surface area contributed by atoms with E-state index in [1.807, 2.05) is 13.0 Å². The summed E-state index contributed by atoms with van der Waals surface area (Å²) < 4.78 is 0. The van der Waals surface area contributed by atoms with Crippen LogP contribution in [0.4, 0.5) is 11.6 Å². The van der Waals surface area contributed by atoms with Crippen molar-refractivity contribution < 1.29 is 0 Å². The van der Waals surface area contributed by atoms with Crippen LogP contribution in [0.1, 0.15) is 18.3 Å². The Morgan fingerprint density at radius 3 is 3.00 bits per heavy atom. The number of aromatic amines is 1. The lowest BCUT2D eigenvalue weighted by Gasteiger charge is -2.09. The van der Waals surface area contributed by atoms with E-state index in [0.29, 0.717) is 5.82 Å². The molecule has 0 unspecified atom stereocenters. The van der Waals surface area contributed by atoms with E-state index < -0.39 is 0 Å². The Morgan fingerprint density at radius 2 is 2.16 bits per heavy atom. The van der Waals surface area contributed by atoms with Crippen LogP contribution in [0.15, 0.2) is 24.5 Å². The van der Waals surface area contributed by atoms with Gasteiger partial charge in [-0.05, 0) is 25.0 Å². The number of rotatable bonds is 3. The summed E-state index contributed by atoms with van der Waals surface area (Å²) in [6.45, 7) is 3.95. The van der Waals surface area contributed by atoms with Gasteiger partial charge in [0.1, 0.15) is 17.5 Å². The maximum atomic E-state index is 4.42. The molecule has 0 saturated carbocycles. The number of aromatic nitrogens is 5. The third-order valence-electron chi connectivity index (χ3n) is 2.93. The van der Waals surface area contributed by atoms with Crippen LogP contribution in [0.2, 0.25) is 0 Å². The van der Waals surface area contributed by atoms with Gasteiger partial charge in [0.05, 0.1) is 11.6 Å². The van der Waals surface area contributed by atoms with E-state index in [-0.39, 0.29) is 0 Å². The minimum atomic E-state index is 0.688. The molecule has 0 saturated heterocycles. The summed E-state index contributed by atoms with van der Waals surface area (Å²) in [5, 5.41) is 11.0. The Morgan fingerprint density at radius 1 is 1.26 bits per heavy atom. The molecule has 0 radical (unpaired) electrons. The van der Waals surface area contributed by atoms with Crippen LogP contribution in [0.5, 0.6) is 0 Å². The van der Waals surface area contributed by atoms with E-state index in [0.717, 1.165) is 34.7 Å². The highest BCUT2D eigenvalue weighted by molar-refractivity contribution is 5.87. The highest BCUT2D eigenvalue weighted by Gasteiger charge is 2.09. The number of pyridine rings is 1. The second kappa shape index (κ2) is 4.64. The van der Waals surface area contributed by atoms with Crippen molar-refractivity contribution in [2.75, 3.05) is 5.32 Å². The number of aryl methyl sites for hydroxylation is 2. The zero-order valence-corrected chi connectivity index (χ0v) is 10.8. The monoisotopic (exact) mass is 254 g/mol. The minimum Gasteiger partial charge on any atom is -0.324 e. The van der Waals surface area contributed by atoms with Crippen LogP contribution in [0.3, 0.4) is 0 Å². The average Bonchev–Trinajstić information content (AvgIpc) is 2.87. The molecule has 0 bridgehead atoms. The van der Waals surface area contributed by atoms with Gasteiger partial charge in [0.15, 0.2) is 5.65 Å². The van der Waals surface area contributed by atoms with Crippen LogP contribution >= 0.6 is 0 Å². The van der Waals surface area contributed by atoms with Gasteiger partial charge in [0.25, 0.3) is 0 Å². The van der Waals surface area contributed by atoms with E-state index in [2.05, 4.69) is 43.5 Å². The smallest absolute Gasteiger partial charge is 0.161 e. The molecule has 3 aromatic rings. The van der Waals surface area contributed by atoms with Gasteiger partial charge in [-0.1, -0.05) is 13.0 Å². The fourth-order valence-electron chi connectivity index (χ4n) is 1.99. The first-order valence-electron chi connectivity index (χ1n) is 6.16. The van der Waals surface area contributed by atoms with Crippen molar-refractivity contribution in [1.82, 2.24) is 25.1 Å². The quantitative estimate of drug-likeness (QED) is 0.750. The van der Waals surface area contributed by atoms with Crippen LogP contribution in [0, 0.1) is 6.92 Å². The Labute approximate surface area is 110 Å². The predicted molar refractivity (Wildman–Crippen MR) is 73.3 cm³/mol. The molecule has 0 atom stereocenters. The second-order valence-electron chi connectivity index (χ2n) is 4.24. The molecule has 6 nitrogen and oxygen atoms in total. The highest BCUT2D eigenvalue weighted by Crippen LogP contribution is 2.23. The lowest BCUT2D eigenvalue weighted by atomic mass is 10.2. The molecule has 0 aliphatic heterocycles. The van der Waals surface area contributed by atoms with Gasteiger partial charge in [-0.3, -0.25) is 5.10 Å². The standard InChI is InChI=1S/C13H14N6/c1-3-9-5-4-6-14-11(9)18-12-10-7-15-19-13(10)17-8(2)16-12/h4-7H,3H2,1-2H3,(H2,14,15,16,17,18,19). The largest absolute Gasteiger partial charge is 0.324 e. The van der Waals surface area contributed by atoms with Crippen molar-refractivity contribution in [3.63, 3.8) is 0 Å². The summed E-state index contributed by atoms with van der Waals surface area (Å²) >= 11 is 0. The zero-order chi connectivity index (χ0) is 13.2. The molecule has 2 N–H and O–H groups in total. The number of anilines is 2. The Kier molecular flexibility index (Phi) is 2.83. The molecular weight excluding hydrogens is 240 g/mol. The first-order valence-corrected chi connectivity index (χ1v) is 6.16. The summed E-state index contributed by atoms with van der Waals surface area (Å²) in [5.41, 5.74) is 1.87. The lowest BCUT2D eigenvalue weighted by Crippen LogP contribution is -2.02. The van der Waals surface area contributed by atoms with E-state index in [1.54, 1.807) is 12.4 Å². The van der Waals surface area contributed by atoms with Crippen molar-refractivity contribution in [2.45, 2.75) is 20.3 Å². The zero-order valence-electron chi connectivity index (χ0n) is 10.8. The molecule has 3 rings (SSSR count). The first-order chi connectivity index (χ1) is 9.28. The van der Waals surface area contributed by atoms with Crippen LogP contribution in [-0.2, 0) is 6.42 Å². The molecule has 6 heteroatoms. The topological polar surface area (TPSA) is 79.4 Å². The van der Waals surface area contributed by atoms with Crippen LogP contribution < -0.4 is 5.32 Å². The SMILES string of the molecule is CCc1cccnc1Nc1nc(C)nc2[nH]ncc12. The summed E-state index contributed by atoms with van der Waals surface area (Å²) in [7, 11) is 0. The number of nitrogens with zero attached hydrogens (tertiary/aromatic N) is 4. The van der Waals surface area contributed by atoms with Gasteiger partial charge >= 0.3 is 0 Å². The van der Waals surface area contributed by atoms with Crippen LogP contribution in [0.25, 0.3) is 11.0 Å². The fourth-order valence-corrected chi connectivity index (χ4v) is 1.99. The normalized spacial score (nSPS) is 10.8. The number of hydrogen-bond donors (Lipinski definition) is 2. The highest BCUT2D eigenvalue weighted by atomic mass is 15.2. The average molecular weight is 254 g/mol. The summed E-state index contributed by atoms with van der Waals surface area (Å²) in [6.07, 6.45) is 4.39. The van der Waals surface area contributed by atoms with E-state index in [9.17, 15) is 0 Å². The molecule has 3 heterocycles. The van der Waals surface area contributed by atoms with E-state index >= 15 is 0 Å².